The van der Waals surface area contributed by atoms with Crippen molar-refractivity contribution in [3.05, 3.63) is 48.0 Å². The maximum Gasteiger partial charge on any atom is 0.416 e. The highest BCUT2D eigenvalue weighted by atomic mass is 32.2. The van der Waals surface area contributed by atoms with Crippen LogP contribution in [0.1, 0.15) is 12.5 Å². The summed E-state index contributed by atoms with van der Waals surface area (Å²) in [7, 11) is 1.59. The molecule has 0 aliphatic rings. The van der Waals surface area contributed by atoms with E-state index in [-0.39, 0.29) is 11.2 Å². The molecule has 0 heterocycles. The Morgan fingerprint density at radius 3 is 2.62 bits per heavy atom. The quantitative estimate of drug-likeness (QED) is 0.508. The summed E-state index contributed by atoms with van der Waals surface area (Å²) < 4.78 is 38.3. The Labute approximate surface area is 148 Å². The van der Waals surface area contributed by atoms with Crippen LogP contribution in [0.25, 0.3) is 0 Å². The van der Waals surface area contributed by atoms with Gasteiger partial charge in [0.2, 0.25) is 5.91 Å². The van der Waals surface area contributed by atoms with E-state index in [1.165, 1.54) is 29.6 Å². The maximum atomic E-state index is 12.8. The van der Waals surface area contributed by atoms with Crippen molar-refractivity contribution < 1.29 is 18.0 Å². The highest BCUT2D eigenvalue weighted by Gasteiger charge is 2.31. The van der Waals surface area contributed by atoms with E-state index in [1.807, 2.05) is 6.92 Å². The number of carbonyl (C=O) groups excluding carboxylic acids is 1. The van der Waals surface area contributed by atoms with E-state index in [9.17, 15) is 18.0 Å². The number of alkyl halides is 3. The minimum absolute atomic E-state index is 0.108. The third-order valence-electron chi connectivity index (χ3n) is 2.84. The lowest BCUT2D eigenvalue weighted by molar-refractivity contribution is -0.137. The van der Waals surface area contributed by atoms with Crippen molar-refractivity contribution in [3.63, 3.8) is 0 Å². The molecule has 0 spiro atoms. The van der Waals surface area contributed by atoms with Gasteiger partial charge in [-0.05, 0) is 24.3 Å². The van der Waals surface area contributed by atoms with E-state index in [0.717, 1.165) is 23.1 Å². The van der Waals surface area contributed by atoms with Gasteiger partial charge in [-0.3, -0.25) is 4.79 Å². The average Bonchev–Trinajstić information content (AvgIpc) is 2.52. The average molecular weight is 376 g/mol. The first-order valence-corrected chi connectivity index (χ1v) is 8.84. The molecular formula is C16H19F3N2OS2. The fourth-order valence-electron chi connectivity index (χ4n) is 1.70. The number of carbonyl (C=O) groups is 1. The van der Waals surface area contributed by atoms with Crippen LogP contribution >= 0.6 is 23.5 Å². The van der Waals surface area contributed by atoms with Crippen LogP contribution in [-0.2, 0) is 11.0 Å². The molecule has 3 nitrogen and oxygen atoms in total. The van der Waals surface area contributed by atoms with E-state index in [0.29, 0.717) is 16.5 Å². The molecule has 0 aromatic heterocycles. The van der Waals surface area contributed by atoms with Crippen LogP contribution in [0.2, 0.25) is 0 Å². The smallest absolute Gasteiger partial charge is 0.387 e. The maximum absolute atomic E-state index is 12.8. The lowest BCUT2D eigenvalue weighted by Gasteiger charge is -2.16. The van der Waals surface area contributed by atoms with Crippen LogP contribution < -0.4 is 10.6 Å². The standard InChI is InChI=1S/C16H19F3N2OS2/c1-5-15(22)21-11(3)23-9-10(2)24-14-7-6-12(16(17,18)19)8-13(14)20-4/h5-8,10,20H,1,3,9H2,2,4H3,(H,21,22). The largest absolute Gasteiger partial charge is 0.416 e. The van der Waals surface area contributed by atoms with E-state index < -0.39 is 11.7 Å². The molecule has 24 heavy (non-hydrogen) atoms. The molecule has 0 aliphatic heterocycles. The summed E-state index contributed by atoms with van der Waals surface area (Å²) in [6, 6.07) is 3.65. The highest BCUT2D eigenvalue weighted by molar-refractivity contribution is 8.05. The van der Waals surface area contributed by atoms with Crippen LogP contribution in [0.5, 0.6) is 0 Å². The monoisotopic (exact) mass is 376 g/mol. The van der Waals surface area contributed by atoms with Gasteiger partial charge in [-0.25, -0.2) is 0 Å². The Balaban J connectivity index is 2.66. The zero-order chi connectivity index (χ0) is 18.3. The number of hydrogen-bond acceptors (Lipinski definition) is 4. The van der Waals surface area contributed by atoms with Crippen molar-refractivity contribution in [2.45, 2.75) is 23.2 Å². The molecule has 1 aromatic rings. The zero-order valence-electron chi connectivity index (χ0n) is 13.4. The summed E-state index contributed by atoms with van der Waals surface area (Å²) in [5.74, 6) is 0.318. The summed E-state index contributed by atoms with van der Waals surface area (Å²) in [5.41, 5.74) is -0.246. The third kappa shape index (κ3) is 6.52. The molecule has 1 rings (SSSR count). The summed E-state index contributed by atoms with van der Waals surface area (Å²) in [6.07, 6.45) is -3.21. The number of nitrogens with one attached hydrogen (secondary N) is 2. The van der Waals surface area contributed by atoms with Crippen LogP contribution in [0.3, 0.4) is 0 Å². The second-order valence-corrected chi connectivity index (χ2v) is 7.41. The van der Waals surface area contributed by atoms with Crippen molar-refractivity contribution in [2.75, 3.05) is 18.1 Å². The Morgan fingerprint density at radius 2 is 2.08 bits per heavy atom. The molecule has 1 atom stereocenters. The molecule has 8 heteroatoms. The molecule has 0 saturated carbocycles. The molecule has 0 aliphatic carbocycles. The van der Waals surface area contributed by atoms with Gasteiger partial charge in [0.1, 0.15) is 0 Å². The van der Waals surface area contributed by atoms with Crippen molar-refractivity contribution in [1.29, 1.82) is 0 Å². The van der Waals surface area contributed by atoms with Crippen LogP contribution in [0, 0.1) is 0 Å². The lowest BCUT2D eigenvalue weighted by Crippen LogP contribution is -2.18. The molecule has 0 radical (unpaired) electrons. The van der Waals surface area contributed by atoms with Gasteiger partial charge in [0, 0.05) is 28.6 Å². The SMILES string of the molecule is C=CC(=O)NC(=C)SCC(C)Sc1ccc(C(F)(F)F)cc1NC. The van der Waals surface area contributed by atoms with E-state index in [2.05, 4.69) is 23.8 Å². The van der Waals surface area contributed by atoms with E-state index >= 15 is 0 Å². The van der Waals surface area contributed by atoms with Crippen molar-refractivity contribution in [1.82, 2.24) is 5.32 Å². The summed E-state index contributed by atoms with van der Waals surface area (Å²) in [5, 5.41) is 5.97. The molecule has 132 valence electrons. The fourth-order valence-corrected chi connectivity index (χ4v) is 3.65. The number of benzene rings is 1. The molecule has 1 unspecified atom stereocenters. The zero-order valence-corrected chi connectivity index (χ0v) is 15.0. The summed E-state index contributed by atoms with van der Waals surface area (Å²) in [6.45, 7) is 9.04. The van der Waals surface area contributed by atoms with Gasteiger partial charge < -0.3 is 10.6 Å². The first kappa shape index (κ1) is 20.5. The van der Waals surface area contributed by atoms with Gasteiger partial charge in [0.25, 0.3) is 0 Å². The molecule has 1 aromatic carbocycles. The fraction of sp³-hybridized carbons (Fsp3) is 0.312. The minimum atomic E-state index is -4.36. The Hall–Kier alpha value is -1.54. The molecule has 0 fully saturated rings. The summed E-state index contributed by atoms with van der Waals surface area (Å²) in [4.78, 5) is 11.9. The van der Waals surface area contributed by atoms with Crippen LogP contribution in [-0.4, -0.2) is 24.0 Å². The topological polar surface area (TPSA) is 41.1 Å². The molecule has 0 bridgehead atoms. The second-order valence-electron chi connectivity index (χ2n) is 4.81. The Bertz CT molecular complexity index is 618. The van der Waals surface area contributed by atoms with Crippen molar-refractivity contribution in [3.8, 4) is 0 Å². The van der Waals surface area contributed by atoms with Gasteiger partial charge in [0.05, 0.1) is 10.6 Å². The first-order valence-electron chi connectivity index (χ1n) is 6.98. The highest BCUT2D eigenvalue weighted by Crippen LogP contribution is 2.37. The minimum Gasteiger partial charge on any atom is -0.387 e. The predicted molar refractivity (Wildman–Crippen MR) is 96.2 cm³/mol. The molecule has 1 amide bonds. The Morgan fingerprint density at radius 1 is 1.42 bits per heavy atom. The predicted octanol–water partition coefficient (Wildman–Crippen LogP) is 4.73. The Kier molecular flexibility index (Phi) is 7.75. The van der Waals surface area contributed by atoms with Crippen LogP contribution in [0.15, 0.2) is 47.4 Å². The van der Waals surface area contributed by atoms with Crippen LogP contribution in [0.4, 0.5) is 18.9 Å². The molecule has 2 N–H and O–H groups in total. The van der Waals surface area contributed by atoms with Gasteiger partial charge in [-0.1, -0.05) is 20.1 Å². The lowest BCUT2D eigenvalue weighted by atomic mass is 10.2. The van der Waals surface area contributed by atoms with E-state index in [4.69, 9.17) is 0 Å². The third-order valence-corrected chi connectivity index (χ3v) is 5.35. The van der Waals surface area contributed by atoms with Crippen molar-refractivity contribution in [2.24, 2.45) is 0 Å². The summed E-state index contributed by atoms with van der Waals surface area (Å²) >= 11 is 2.83. The van der Waals surface area contributed by atoms with Gasteiger partial charge in [-0.2, -0.15) is 13.2 Å². The number of rotatable bonds is 8. The number of amides is 1. The number of thioether (sulfide) groups is 2. The van der Waals surface area contributed by atoms with Gasteiger partial charge in [-0.15, -0.1) is 23.5 Å². The van der Waals surface area contributed by atoms with Gasteiger partial charge >= 0.3 is 6.18 Å². The first-order chi connectivity index (χ1) is 11.2. The molecular weight excluding hydrogens is 357 g/mol. The van der Waals surface area contributed by atoms with E-state index in [1.54, 1.807) is 7.05 Å². The van der Waals surface area contributed by atoms with Crippen molar-refractivity contribution >= 4 is 35.1 Å². The number of halogens is 3. The van der Waals surface area contributed by atoms with Gasteiger partial charge in [0.15, 0.2) is 0 Å². The number of hydrogen-bond donors (Lipinski definition) is 2. The normalized spacial score (nSPS) is 12.4. The number of anilines is 1. The molecule has 0 saturated heterocycles. The second kappa shape index (κ2) is 9.08.